The fraction of sp³-hybridized carbons (Fsp3) is 0.409. The predicted octanol–water partition coefficient (Wildman–Crippen LogP) is 3.91. The van der Waals surface area contributed by atoms with Crippen molar-refractivity contribution in [1.29, 1.82) is 0 Å². The third-order valence-electron chi connectivity index (χ3n) is 5.16. The lowest BCUT2D eigenvalue weighted by molar-refractivity contribution is -0.123. The van der Waals surface area contributed by atoms with Gasteiger partial charge in [0.2, 0.25) is 5.91 Å². The summed E-state index contributed by atoms with van der Waals surface area (Å²) in [7, 11) is 0.965. The smallest absolute Gasteiger partial charge is 0.234 e. The molecule has 0 aliphatic rings. The average molecular weight is 387 g/mol. The van der Waals surface area contributed by atoms with E-state index in [1.54, 1.807) is 6.26 Å². The summed E-state index contributed by atoms with van der Waals surface area (Å²) in [6, 6.07) is 14.1. The van der Waals surface area contributed by atoms with Crippen molar-refractivity contribution in [2.24, 2.45) is 0 Å². The van der Waals surface area contributed by atoms with Crippen LogP contribution in [0.3, 0.4) is 0 Å². The Bertz CT molecular complexity index is 818. The number of benzene rings is 2. The Hall–Kier alpha value is -1.98. The van der Waals surface area contributed by atoms with E-state index in [2.05, 4.69) is 44.3 Å². The van der Waals surface area contributed by atoms with Crippen LogP contribution in [0.5, 0.6) is 0 Å². The molecule has 1 N–H and O–H groups in total. The lowest BCUT2D eigenvalue weighted by Crippen LogP contribution is -2.37. The first-order chi connectivity index (χ1) is 12.7. The van der Waals surface area contributed by atoms with E-state index < -0.39 is 10.8 Å². The van der Waals surface area contributed by atoms with Gasteiger partial charge in [-0.25, -0.2) is 0 Å². The monoisotopic (exact) mass is 386 g/mol. The molecule has 3 atom stereocenters. The zero-order valence-electron chi connectivity index (χ0n) is 17.1. The van der Waals surface area contributed by atoms with Crippen LogP contribution in [-0.2, 0) is 15.6 Å². The van der Waals surface area contributed by atoms with Gasteiger partial charge >= 0.3 is 0 Å². The number of hydrogen-bond acceptors (Lipinski definition) is 3. The van der Waals surface area contributed by atoms with Gasteiger partial charge in [-0.05, 0) is 69.1 Å². The average Bonchev–Trinajstić information content (AvgIpc) is 2.63. The molecular weight excluding hydrogens is 356 g/mol. The van der Waals surface area contributed by atoms with Crippen molar-refractivity contribution in [3.63, 3.8) is 0 Å². The van der Waals surface area contributed by atoms with Crippen molar-refractivity contribution < 1.29 is 9.00 Å². The Morgan fingerprint density at radius 2 is 1.63 bits per heavy atom. The van der Waals surface area contributed by atoms with Gasteiger partial charge in [-0.3, -0.25) is 13.9 Å². The third-order valence-corrected chi connectivity index (χ3v) is 6.09. The minimum atomic E-state index is -0.976. The topological polar surface area (TPSA) is 49.4 Å². The van der Waals surface area contributed by atoms with E-state index in [1.807, 2.05) is 43.1 Å². The van der Waals surface area contributed by atoms with Gasteiger partial charge in [-0.2, -0.15) is 0 Å². The number of hydrogen-bond donors (Lipinski definition) is 1. The summed E-state index contributed by atoms with van der Waals surface area (Å²) in [6.07, 6.45) is 1.67. The number of nitrogens with zero attached hydrogens (tertiary/aromatic N) is 1. The molecule has 0 aromatic heterocycles. The summed E-state index contributed by atoms with van der Waals surface area (Å²) in [4.78, 5) is 15.3. The molecule has 0 aliphatic carbocycles. The maximum absolute atomic E-state index is 12.5. The highest BCUT2D eigenvalue weighted by Crippen LogP contribution is 2.20. The number of amides is 1. The second-order valence-corrected chi connectivity index (χ2v) is 8.63. The molecule has 0 aliphatic heterocycles. The summed E-state index contributed by atoms with van der Waals surface area (Å²) in [5.74, 6) is 0.00126. The standard InChI is InChI=1S/C22H30N2O2S/c1-15-7-8-20(13-16(15)2)17(3)23-22(25)14-24(5)18(4)19-9-11-21(12-10-19)27(6)26/h7-13,17-18H,14H2,1-6H3,(H,23,25)/t17-,18+,27-/m0/s1. The molecule has 4 nitrogen and oxygen atoms in total. The van der Waals surface area contributed by atoms with Crippen LogP contribution in [0.15, 0.2) is 47.4 Å². The van der Waals surface area contributed by atoms with Crippen LogP contribution < -0.4 is 5.32 Å². The molecule has 2 aromatic carbocycles. The predicted molar refractivity (Wildman–Crippen MR) is 112 cm³/mol. The van der Waals surface area contributed by atoms with Gasteiger partial charge in [0.15, 0.2) is 0 Å². The Kier molecular flexibility index (Phi) is 7.33. The number of rotatable bonds is 7. The van der Waals surface area contributed by atoms with Crippen LogP contribution in [0.4, 0.5) is 0 Å². The SMILES string of the molecule is Cc1ccc([C@H](C)NC(=O)CN(C)[C@H](C)c2ccc([S@](C)=O)cc2)cc1C. The summed E-state index contributed by atoms with van der Waals surface area (Å²) in [5, 5.41) is 3.08. The Morgan fingerprint density at radius 1 is 1.04 bits per heavy atom. The van der Waals surface area contributed by atoms with Crippen LogP contribution in [-0.4, -0.2) is 34.9 Å². The molecule has 0 fully saturated rings. The highest BCUT2D eigenvalue weighted by atomic mass is 32.2. The minimum Gasteiger partial charge on any atom is -0.348 e. The Morgan fingerprint density at radius 3 is 2.19 bits per heavy atom. The highest BCUT2D eigenvalue weighted by molar-refractivity contribution is 7.84. The molecule has 0 heterocycles. The lowest BCUT2D eigenvalue weighted by atomic mass is 10.0. The van der Waals surface area contributed by atoms with Crippen LogP contribution >= 0.6 is 0 Å². The molecule has 0 saturated heterocycles. The first-order valence-electron chi connectivity index (χ1n) is 9.19. The summed E-state index contributed by atoms with van der Waals surface area (Å²) < 4.78 is 11.5. The largest absolute Gasteiger partial charge is 0.348 e. The van der Waals surface area contributed by atoms with Gasteiger partial charge < -0.3 is 5.32 Å². The van der Waals surface area contributed by atoms with Gasteiger partial charge in [-0.15, -0.1) is 0 Å². The molecule has 5 heteroatoms. The van der Waals surface area contributed by atoms with Gasteiger partial charge in [0.25, 0.3) is 0 Å². The fourth-order valence-corrected chi connectivity index (χ4v) is 3.48. The molecule has 2 aromatic rings. The number of likely N-dealkylation sites (N-methyl/N-ethyl adjacent to an activating group) is 1. The molecule has 146 valence electrons. The first kappa shape index (κ1) is 21.3. The quantitative estimate of drug-likeness (QED) is 0.785. The van der Waals surface area contributed by atoms with E-state index in [4.69, 9.17) is 0 Å². The van der Waals surface area contributed by atoms with Crippen molar-refractivity contribution in [1.82, 2.24) is 10.2 Å². The van der Waals surface area contributed by atoms with Gasteiger partial charge in [0.05, 0.1) is 12.6 Å². The third kappa shape index (κ3) is 5.75. The zero-order valence-corrected chi connectivity index (χ0v) is 17.9. The first-order valence-corrected chi connectivity index (χ1v) is 10.7. The number of nitrogens with one attached hydrogen (secondary N) is 1. The van der Waals surface area contributed by atoms with E-state index >= 15 is 0 Å². The Labute approximate surface area is 165 Å². The Balaban J connectivity index is 1.95. The van der Waals surface area contributed by atoms with Crippen LogP contribution in [0.1, 0.15) is 48.2 Å². The second-order valence-electron chi connectivity index (χ2n) is 7.25. The summed E-state index contributed by atoms with van der Waals surface area (Å²) in [6.45, 7) is 8.57. The highest BCUT2D eigenvalue weighted by Gasteiger charge is 2.17. The van der Waals surface area contributed by atoms with E-state index in [-0.39, 0.29) is 18.0 Å². The van der Waals surface area contributed by atoms with E-state index in [0.717, 1.165) is 16.0 Å². The van der Waals surface area contributed by atoms with Gasteiger partial charge in [0.1, 0.15) is 0 Å². The zero-order chi connectivity index (χ0) is 20.1. The second kappa shape index (κ2) is 9.29. The molecule has 0 bridgehead atoms. The van der Waals surface area contributed by atoms with Crippen LogP contribution in [0, 0.1) is 13.8 Å². The lowest BCUT2D eigenvalue weighted by Gasteiger charge is -2.25. The molecule has 0 unspecified atom stereocenters. The van der Waals surface area contributed by atoms with Crippen molar-refractivity contribution in [2.75, 3.05) is 19.8 Å². The van der Waals surface area contributed by atoms with Gasteiger partial charge in [-0.1, -0.05) is 30.3 Å². The van der Waals surface area contributed by atoms with Gasteiger partial charge in [0, 0.05) is 28.0 Å². The number of carbonyl (C=O) groups is 1. The van der Waals surface area contributed by atoms with Crippen molar-refractivity contribution in [3.05, 3.63) is 64.7 Å². The van der Waals surface area contributed by atoms with Crippen LogP contribution in [0.2, 0.25) is 0 Å². The van der Waals surface area contributed by atoms with Crippen molar-refractivity contribution in [3.8, 4) is 0 Å². The van der Waals surface area contributed by atoms with Crippen LogP contribution in [0.25, 0.3) is 0 Å². The van der Waals surface area contributed by atoms with E-state index in [0.29, 0.717) is 6.54 Å². The maximum Gasteiger partial charge on any atom is 0.234 e. The maximum atomic E-state index is 12.5. The number of aryl methyl sites for hydroxylation is 2. The summed E-state index contributed by atoms with van der Waals surface area (Å²) in [5.41, 5.74) is 4.70. The van der Waals surface area contributed by atoms with E-state index in [1.165, 1.54) is 11.1 Å². The summed E-state index contributed by atoms with van der Waals surface area (Å²) >= 11 is 0. The van der Waals surface area contributed by atoms with Crippen molar-refractivity contribution in [2.45, 2.75) is 44.7 Å². The normalized spacial score (nSPS) is 14.6. The van der Waals surface area contributed by atoms with E-state index in [9.17, 15) is 9.00 Å². The molecule has 2 rings (SSSR count). The molecule has 0 radical (unpaired) electrons. The molecule has 27 heavy (non-hydrogen) atoms. The molecule has 0 saturated carbocycles. The number of carbonyl (C=O) groups excluding carboxylic acids is 1. The van der Waals surface area contributed by atoms with Crippen molar-refractivity contribution >= 4 is 16.7 Å². The molecule has 1 amide bonds. The fourth-order valence-electron chi connectivity index (χ4n) is 2.96. The molecular formula is C22H30N2O2S. The molecule has 0 spiro atoms. The minimum absolute atomic E-state index is 0.00126.